The van der Waals surface area contributed by atoms with E-state index in [1.807, 2.05) is 36.4 Å². The molecule has 0 aromatic heterocycles. The van der Waals surface area contributed by atoms with E-state index in [-0.39, 0.29) is 23.4 Å². The molecular weight excluding hydrogens is 352 g/mol. The standard InChI is InChI=1S/C19H14N2O4S/c22-18-17(8-4-7-14-5-2-1-3-6-14)26-19(23)20(18)13-15-9-11-16(12-10-15)21(24)25/h1-12H,13H2/b7-4+,17-8-. The average Bonchev–Trinajstić information content (AvgIpc) is 2.91. The number of nitro benzene ring substituents is 1. The van der Waals surface area contributed by atoms with Gasteiger partial charge in [0.25, 0.3) is 16.8 Å². The first-order valence-electron chi connectivity index (χ1n) is 7.75. The normalized spacial score (nSPS) is 16.0. The summed E-state index contributed by atoms with van der Waals surface area (Å²) in [5, 5.41) is 10.3. The molecule has 1 fully saturated rings. The lowest BCUT2D eigenvalue weighted by Gasteiger charge is -2.12. The first-order chi connectivity index (χ1) is 12.5. The van der Waals surface area contributed by atoms with Crippen molar-refractivity contribution in [3.8, 4) is 0 Å². The molecule has 0 radical (unpaired) electrons. The number of hydrogen-bond acceptors (Lipinski definition) is 5. The predicted molar refractivity (Wildman–Crippen MR) is 100 cm³/mol. The fraction of sp³-hybridized carbons (Fsp3) is 0.0526. The summed E-state index contributed by atoms with van der Waals surface area (Å²) in [4.78, 5) is 36.2. The molecule has 2 aromatic rings. The van der Waals surface area contributed by atoms with Gasteiger partial charge in [-0.3, -0.25) is 24.6 Å². The molecule has 0 N–H and O–H groups in total. The highest BCUT2D eigenvalue weighted by Gasteiger charge is 2.34. The van der Waals surface area contributed by atoms with Gasteiger partial charge in [0.1, 0.15) is 0 Å². The van der Waals surface area contributed by atoms with Gasteiger partial charge in [0, 0.05) is 12.1 Å². The third-order valence-corrected chi connectivity index (χ3v) is 4.62. The van der Waals surface area contributed by atoms with Gasteiger partial charge in [0.2, 0.25) is 0 Å². The lowest BCUT2D eigenvalue weighted by Crippen LogP contribution is -2.27. The maximum Gasteiger partial charge on any atom is 0.293 e. The van der Waals surface area contributed by atoms with E-state index < -0.39 is 4.92 Å². The van der Waals surface area contributed by atoms with Gasteiger partial charge in [0.05, 0.1) is 16.4 Å². The smallest absolute Gasteiger partial charge is 0.268 e. The Hall–Kier alpha value is -3.19. The Morgan fingerprint density at radius 2 is 1.73 bits per heavy atom. The second-order valence-electron chi connectivity index (χ2n) is 5.48. The third-order valence-electron chi connectivity index (χ3n) is 3.70. The van der Waals surface area contributed by atoms with Gasteiger partial charge >= 0.3 is 0 Å². The summed E-state index contributed by atoms with van der Waals surface area (Å²) >= 11 is 0.883. The molecule has 0 unspecified atom stereocenters. The summed E-state index contributed by atoms with van der Waals surface area (Å²) in [7, 11) is 0. The van der Waals surface area contributed by atoms with E-state index in [0.29, 0.717) is 10.5 Å². The van der Waals surface area contributed by atoms with Crippen molar-refractivity contribution in [2.75, 3.05) is 0 Å². The van der Waals surface area contributed by atoms with Gasteiger partial charge in [-0.15, -0.1) is 0 Å². The molecule has 1 aliphatic heterocycles. The second kappa shape index (κ2) is 7.79. The van der Waals surface area contributed by atoms with Crippen molar-refractivity contribution in [1.29, 1.82) is 0 Å². The molecule has 1 heterocycles. The molecule has 6 nitrogen and oxygen atoms in total. The van der Waals surface area contributed by atoms with Crippen LogP contribution in [0.3, 0.4) is 0 Å². The molecule has 0 saturated carbocycles. The molecule has 1 saturated heterocycles. The first kappa shape index (κ1) is 17.6. The topological polar surface area (TPSA) is 80.5 Å². The van der Waals surface area contributed by atoms with Gasteiger partial charge in [-0.1, -0.05) is 54.6 Å². The number of thioether (sulfide) groups is 1. The van der Waals surface area contributed by atoms with Crippen molar-refractivity contribution < 1.29 is 14.5 Å². The number of nitro groups is 1. The van der Waals surface area contributed by atoms with E-state index in [9.17, 15) is 19.7 Å². The minimum Gasteiger partial charge on any atom is -0.268 e. The first-order valence-corrected chi connectivity index (χ1v) is 8.56. The molecule has 26 heavy (non-hydrogen) atoms. The number of benzene rings is 2. The predicted octanol–water partition coefficient (Wildman–Crippen LogP) is 4.39. The summed E-state index contributed by atoms with van der Waals surface area (Å²) in [6, 6.07) is 15.4. The Kier molecular flexibility index (Phi) is 5.28. The molecule has 0 aliphatic carbocycles. The summed E-state index contributed by atoms with van der Waals surface area (Å²) in [5.74, 6) is -0.365. The molecule has 2 aromatic carbocycles. The number of allylic oxidation sites excluding steroid dienone is 2. The highest BCUT2D eigenvalue weighted by Crippen LogP contribution is 2.32. The molecule has 0 atom stereocenters. The molecule has 130 valence electrons. The Morgan fingerprint density at radius 3 is 2.38 bits per heavy atom. The van der Waals surface area contributed by atoms with Crippen LogP contribution in [0.5, 0.6) is 0 Å². The van der Waals surface area contributed by atoms with Crippen molar-refractivity contribution in [3.63, 3.8) is 0 Å². The molecular formula is C19H14N2O4S. The fourth-order valence-electron chi connectivity index (χ4n) is 2.37. The van der Waals surface area contributed by atoms with Gasteiger partial charge in [-0.25, -0.2) is 0 Å². The van der Waals surface area contributed by atoms with E-state index in [1.165, 1.54) is 12.1 Å². The zero-order valence-electron chi connectivity index (χ0n) is 13.6. The van der Waals surface area contributed by atoms with E-state index in [1.54, 1.807) is 24.3 Å². The van der Waals surface area contributed by atoms with E-state index in [2.05, 4.69) is 0 Å². The van der Waals surface area contributed by atoms with Crippen LogP contribution < -0.4 is 0 Å². The quantitative estimate of drug-likeness (QED) is 0.445. The lowest BCUT2D eigenvalue weighted by atomic mass is 10.2. The number of carbonyl (C=O) groups excluding carboxylic acids is 2. The third kappa shape index (κ3) is 4.07. The van der Waals surface area contributed by atoms with Crippen LogP contribution in [-0.4, -0.2) is 21.0 Å². The van der Waals surface area contributed by atoms with Crippen molar-refractivity contribution in [1.82, 2.24) is 4.90 Å². The zero-order valence-corrected chi connectivity index (χ0v) is 14.4. The Bertz CT molecular complexity index is 905. The minimum absolute atomic E-state index is 0.0335. The zero-order chi connectivity index (χ0) is 18.5. The fourth-order valence-corrected chi connectivity index (χ4v) is 3.16. The molecule has 1 aliphatic rings. The highest BCUT2D eigenvalue weighted by atomic mass is 32.2. The van der Waals surface area contributed by atoms with Crippen LogP contribution in [0.1, 0.15) is 11.1 Å². The van der Waals surface area contributed by atoms with Crippen LogP contribution in [0.2, 0.25) is 0 Å². The van der Waals surface area contributed by atoms with Crippen molar-refractivity contribution in [3.05, 3.63) is 92.9 Å². The molecule has 3 rings (SSSR count). The Morgan fingerprint density at radius 1 is 1.04 bits per heavy atom. The van der Waals surface area contributed by atoms with Gasteiger partial charge < -0.3 is 0 Å². The molecule has 7 heteroatoms. The van der Waals surface area contributed by atoms with E-state index in [0.717, 1.165) is 22.2 Å². The van der Waals surface area contributed by atoms with Crippen LogP contribution in [0.4, 0.5) is 10.5 Å². The number of nitrogens with zero attached hydrogens (tertiary/aromatic N) is 2. The largest absolute Gasteiger partial charge is 0.293 e. The van der Waals surface area contributed by atoms with Gasteiger partial charge in [0.15, 0.2) is 0 Å². The van der Waals surface area contributed by atoms with Crippen molar-refractivity contribution in [2.45, 2.75) is 6.54 Å². The molecule has 2 amide bonds. The number of carbonyl (C=O) groups is 2. The number of imide groups is 1. The van der Waals surface area contributed by atoms with Crippen LogP contribution in [0, 0.1) is 10.1 Å². The highest BCUT2D eigenvalue weighted by molar-refractivity contribution is 8.18. The maximum atomic E-state index is 12.4. The maximum absolute atomic E-state index is 12.4. The second-order valence-corrected chi connectivity index (χ2v) is 6.48. The average molecular weight is 366 g/mol. The number of non-ortho nitro benzene ring substituents is 1. The summed E-state index contributed by atoms with van der Waals surface area (Å²) in [5.41, 5.74) is 1.61. The Balaban J connectivity index is 1.69. The van der Waals surface area contributed by atoms with Gasteiger partial charge in [-0.05, 0) is 29.0 Å². The molecule has 0 spiro atoms. The minimum atomic E-state index is -0.494. The summed E-state index contributed by atoms with van der Waals surface area (Å²) in [6.45, 7) is 0.0857. The van der Waals surface area contributed by atoms with Crippen LogP contribution in [0.25, 0.3) is 6.08 Å². The molecule has 0 bridgehead atoms. The SMILES string of the molecule is O=C1S/C(=C\C=C\c2ccccc2)C(=O)N1Cc1ccc([N+](=O)[O-])cc1. The number of amides is 2. The Labute approximate surface area is 154 Å². The van der Waals surface area contributed by atoms with E-state index >= 15 is 0 Å². The van der Waals surface area contributed by atoms with Crippen LogP contribution >= 0.6 is 11.8 Å². The van der Waals surface area contributed by atoms with Crippen molar-refractivity contribution >= 4 is 34.7 Å². The summed E-state index contributed by atoms with van der Waals surface area (Å²) < 4.78 is 0. The van der Waals surface area contributed by atoms with E-state index in [4.69, 9.17) is 0 Å². The van der Waals surface area contributed by atoms with Crippen molar-refractivity contribution in [2.24, 2.45) is 0 Å². The van der Waals surface area contributed by atoms with Crippen LogP contribution in [0.15, 0.2) is 71.7 Å². The summed E-state index contributed by atoms with van der Waals surface area (Å²) in [6.07, 6.45) is 5.20. The monoisotopic (exact) mass is 366 g/mol. The number of rotatable bonds is 5. The van der Waals surface area contributed by atoms with Crippen LogP contribution in [-0.2, 0) is 11.3 Å². The lowest BCUT2D eigenvalue weighted by molar-refractivity contribution is -0.384. The van der Waals surface area contributed by atoms with Gasteiger partial charge in [-0.2, -0.15) is 0 Å². The number of hydrogen-bond donors (Lipinski definition) is 0.